The maximum absolute atomic E-state index is 10.8. The van der Waals surface area contributed by atoms with Gasteiger partial charge in [-0.1, -0.05) is 18.2 Å². The molecule has 2 rings (SSSR count). The lowest BCUT2D eigenvalue weighted by Gasteiger charge is -2.32. The van der Waals surface area contributed by atoms with Gasteiger partial charge in [0.05, 0.1) is 0 Å². The highest BCUT2D eigenvalue weighted by Gasteiger charge is 2.17. The van der Waals surface area contributed by atoms with Gasteiger partial charge in [-0.25, -0.2) is 4.79 Å². The Hall–Kier alpha value is -1.63. The van der Waals surface area contributed by atoms with Gasteiger partial charge in [-0.3, -0.25) is 4.90 Å². The van der Waals surface area contributed by atoms with Crippen LogP contribution in [0.2, 0.25) is 0 Å². The summed E-state index contributed by atoms with van der Waals surface area (Å²) in [6, 6.07) is 7.27. The molecule has 1 aromatic rings. The van der Waals surface area contributed by atoms with E-state index in [0.29, 0.717) is 12.4 Å². The van der Waals surface area contributed by atoms with E-state index in [1.165, 1.54) is 0 Å². The Labute approximate surface area is 130 Å². The number of benzene rings is 1. The number of aliphatic hydroxyl groups is 1. The number of aliphatic carboxylic acids is 1. The predicted octanol–water partition coefficient (Wildman–Crippen LogP) is 0.301. The number of rotatable bonds is 7. The van der Waals surface area contributed by atoms with Crippen LogP contribution in [0.4, 0.5) is 0 Å². The fraction of sp³-hybridized carbons (Fsp3) is 0.562. The maximum Gasteiger partial charge on any atom is 0.332 e. The molecule has 0 bridgehead atoms. The molecule has 2 N–H and O–H groups in total. The Bertz CT molecular complexity index is 487. The van der Waals surface area contributed by atoms with Crippen LogP contribution in [0.3, 0.4) is 0 Å². The first-order valence-electron chi connectivity index (χ1n) is 7.58. The summed E-state index contributed by atoms with van der Waals surface area (Å²) in [6.07, 6.45) is -1.35. The second kappa shape index (κ2) is 8.12. The van der Waals surface area contributed by atoms with Crippen molar-refractivity contribution in [1.29, 1.82) is 0 Å². The molecule has 122 valence electrons. The Morgan fingerprint density at radius 3 is 2.64 bits per heavy atom. The van der Waals surface area contributed by atoms with Crippen molar-refractivity contribution in [2.24, 2.45) is 0 Å². The van der Waals surface area contributed by atoms with Gasteiger partial charge in [0.1, 0.15) is 12.4 Å². The molecule has 1 atom stereocenters. The predicted molar refractivity (Wildman–Crippen MR) is 83.2 cm³/mol. The van der Waals surface area contributed by atoms with E-state index in [1.54, 1.807) is 6.07 Å². The van der Waals surface area contributed by atoms with Crippen molar-refractivity contribution in [2.75, 3.05) is 46.4 Å². The molecule has 0 aromatic heterocycles. The molecular weight excluding hydrogens is 284 g/mol. The zero-order valence-corrected chi connectivity index (χ0v) is 12.9. The van der Waals surface area contributed by atoms with Crippen molar-refractivity contribution in [2.45, 2.75) is 12.5 Å². The van der Waals surface area contributed by atoms with Crippen molar-refractivity contribution < 1.29 is 19.7 Å². The molecule has 0 aliphatic carbocycles. The van der Waals surface area contributed by atoms with Gasteiger partial charge in [0.25, 0.3) is 0 Å². The maximum atomic E-state index is 10.8. The van der Waals surface area contributed by atoms with Crippen molar-refractivity contribution in [3.63, 3.8) is 0 Å². The monoisotopic (exact) mass is 308 g/mol. The van der Waals surface area contributed by atoms with Gasteiger partial charge >= 0.3 is 5.97 Å². The van der Waals surface area contributed by atoms with Gasteiger partial charge in [-0.2, -0.15) is 0 Å². The molecular formula is C16H24N2O4. The zero-order chi connectivity index (χ0) is 15.9. The third-order valence-corrected chi connectivity index (χ3v) is 3.93. The van der Waals surface area contributed by atoms with E-state index in [0.717, 1.165) is 38.3 Å². The van der Waals surface area contributed by atoms with Gasteiger partial charge in [0.15, 0.2) is 6.10 Å². The molecule has 6 nitrogen and oxygen atoms in total. The van der Waals surface area contributed by atoms with E-state index in [2.05, 4.69) is 16.8 Å². The van der Waals surface area contributed by atoms with Crippen LogP contribution in [-0.4, -0.2) is 78.5 Å². The summed E-state index contributed by atoms with van der Waals surface area (Å²) < 4.78 is 5.79. The fourth-order valence-electron chi connectivity index (χ4n) is 2.47. The number of piperazine rings is 1. The van der Waals surface area contributed by atoms with Crippen LogP contribution < -0.4 is 4.74 Å². The Morgan fingerprint density at radius 1 is 1.27 bits per heavy atom. The lowest BCUT2D eigenvalue weighted by atomic mass is 10.1. The largest absolute Gasteiger partial charge is 0.492 e. The molecule has 1 aliphatic rings. The summed E-state index contributed by atoms with van der Waals surface area (Å²) in [6.45, 7) is 5.63. The molecule has 22 heavy (non-hydrogen) atoms. The minimum absolute atomic E-state index is 0.0556. The number of ether oxygens (including phenoxy) is 1. The van der Waals surface area contributed by atoms with E-state index in [1.807, 2.05) is 18.2 Å². The lowest BCUT2D eigenvalue weighted by molar-refractivity contribution is -0.146. The Morgan fingerprint density at radius 2 is 1.95 bits per heavy atom. The van der Waals surface area contributed by atoms with Crippen LogP contribution in [0.5, 0.6) is 5.75 Å². The summed E-state index contributed by atoms with van der Waals surface area (Å²) in [5, 5.41) is 18.3. The van der Waals surface area contributed by atoms with Gasteiger partial charge < -0.3 is 19.8 Å². The molecule has 0 amide bonds. The van der Waals surface area contributed by atoms with E-state index < -0.39 is 12.1 Å². The Kier molecular flexibility index (Phi) is 6.18. The number of likely N-dealkylation sites (N-methyl/N-ethyl adjacent to an activating group) is 1. The van der Waals surface area contributed by atoms with Crippen LogP contribution in [-0.2, 0) is 11.2 Å². The number of para-hydroxylation sites is 1. The first-order valence-corrected chi connectivity index (χ1v) is 7.58. The average molecular weight is 308 g/mol. The summed E-state index contributed by atoms with van der Waals surface area (Å²) in [5.74, 6) is -0.566. The summed E-state index contributed by atoms with van der Waals surface area (Å²) in [7, 11) is 2.12. The first kappa shape index (κ1) is 16.7. The summed E-state index contributed by atoms with van der Waals surface area (Å²) in [5.41, 5.74) is 0.718. The average Bonchev–Trinajstić information content (AvgIpc) is 2.51. The molecule has 1 aliphatic heterocycles. The van der Waals surface area contributed by atoms with Crippen molar-refractivity contribution >= 4 is 5.97 Å². The molecule has 0 saturated carbocycles. The van der Waals surface area contributed by atoms with Crippen molar-refractivity contribution in [1.82, 2.24) is 9.80 Å². The number of hydrogen-bond donors (Lipinski definition) is 2. The minimum Gasteiger partial charge on any atom is -0.492 e. The van der Waals surface area contributed by atoms with Crippen LogP contribution in [0, 0.1) is 0 Å². The van der Waals surface area contributed by atoms with E-state index in [4.69, 9.17) is 9.84 Å². The number of carboxylic acids is 1. The highest BCUT2D eigenvalue weighted by molar-refractivity contribution is 5.72. The number of carbonyl (C=O) groups is 1. The number of aliphatic hydroxyl groups excluding tert-OH is 1. The third-order valence-electron chi connectivity index (χ3n) is 3.93. The molecule has 1 aromatic carbocycles. The highest BCUT2D eigenvalue weighted by atomic mass is 16.5. The molecule has 1 heterocycles. The standard InChI is InChI=1S/C16H24N2O4/c1-17-6-8-18(9-7-17)10-11-22-15-5-3-2-4-13(15)12-14(19)16(20)21/h2-5,14,19H,6-12H2,1H3,(H,20,21)/t14-/m1/s1. The highest BCUT2D eigenvalue weighted by Crippen LogP contribution is 2.19. The molecule has 0 radical (unpaired) electrons. The second-order valence-corrected chi connectivity index (χ2v) is 5.66. The van der Waals surface area contributed by atoms with Crippen LogP contribution in [0.15, 0.2) is 24.3 Å². The van der Waals surface area contributed by atoms with E-state index >= 15 is 0 Å². The summed E-state index contributed by atoms with van der Waals surface area (Å²) in [4.78, 5) is 15.4. The van der Waals surface area contributed by atoms with Gasteiger partial charge in [0, 0.05) is 39.1 Å². The normalized spacial score (nSPS) is 18.1. The van der Waals surface area contributed by atoms with Gasteiger partial charge in [0.2, 0.25) is 0 Å². The molecule has 0 unspecified atom stereocenters. The number of hydrogen-bond acceptors (Lipinski definition) is 5. The number of carboxylic acid groups (broad SMARTS) is 1. The first-order chi connectivity index (χ1) is 10.6. The second-order valence-electron chi connectivity index (χ2n) is 5.66. The molecule has 1 fully saturated rings. The SMILES string of the molecule is CN1CCN(CCOc2ccccc2C[C@@H](O)C(=O)O)CC1. The molecule has 0 spiro atoms. The van der Waals surface area contributed by atoms with E-state index in [-0.39, 0.29) is 6.42 Å². The quantitative estimate of drug-likeness (QED) is 0.755. The topological polar surface area (TPSA) is 73.2 Å². The zero-order valence-electron chi connectivity index (χ0n) is 12.9. The van der Waals surface area contributed by atoms with Crippen molar-refractivity contribution in [3.05, 3.63) is 29.8 Å². The smallest absolute Gasteiger partial charge is 0.332 e. The minimum atomic E-state index is -1.40. The lowest BCUT2D eigenvalue weighted by Crippen LogP contribution is -2.45. The molecule has 1 saturated heterocycles. The van der Waals surface area contributed by atoms with Crippen LogP contribution >= 0.6 is 0 Å². The van der Waals surface area contributed by atoms with Crippen molar-refractivity contribution in [3.8, 4) is 5.75 Å². The van der Waals surface area contributed by atoms with Gasteiger partial charge in [-0.05, 0) is 18.7 Å². The number of nitrogens with zero attached hydrogens (tertiary/aromatic N) is 2. The van der Waals surface area contributed by atoms with Crippen LogP contribution in [0.1, 0.15) is 5.56 Å². The summed E-state index contributed by atoms with van der Waals surface area (Å²) >= 11 is 0. The van der Waals surface area contributed by atoms with Gasteiger partial charge in [-0.15, -0.1) is 0 Å². The van der Waals surface area contributed by atoms with E-state index in [9.17, 15) is 9.90 Å². The van der Waals surface area contributed by atoms with Crippen LogP contribution in [0.25, 0.3) is 0 Å². The fourth-order valence-corrected chi connectivity index (χ4v) is 2.47. The Balaban J connectivity index is 1.83. The third kappa shape index (κ3) is 4.98. The molecule has 6 heteroatoms.